The van der Waals surface area contributed by atoms with E-state index in [4.69, 9.17) is 4.98 Å². The molecular weight excluding hydrogens is 500 g/mol. The summed E-state index contributed by atoms with van der Waals surface area (Å²) in [5, 5.41) is 7.33. The summed E-state index contributed by atoms with van der Waals surface area (Å²) in [7, 11) is 0. The number of hydrogen-bond donors (Lipinski definition) is 3. The van der Waals surface area contributed by atoms with Crippen molar-refractivity contribution in [2.24, 2.45) is 0 Å². The molecule has 2 aromatic rings. The number of imidazole rings is 1. The lowest BCUT2D eigenvalue weighted by molar-refractivity contribution is 0.324. The molecule has 0 aliphatic heterocycles. The van der Waals surface area contributed by atoms with Gasteiger partial charge in [0, 0.05) is 27.1 Å². The minimum atomic E-state index is 0.406. The number of benzene rings is 1. The second-order valence-electron chi connectivity index (χ2n) is 6.84. The molecule has 0 saturated heterocycles. The number of aromatic nitrogens is 2. The lowest BCUT2D eigenvalue weighted by Gasteiger charge is -2.34. The van der Waals surface area contributed by atoms with Crippen molar-refractivity contribution < 1.29 is 0 Å². The van der Waals surface area contributed by atoms with Crippen molar-refractivity contribution in [1.29, 1.82) is 0 Å². The molecule has 7 heteroatoms. The Morgan fingerprint density at radius 3 is 2.38 bits per heavy atom. The van der Waals surface area contributed by atoms with Crippen LogP contribution in [0.4, 0.5) is 5.95 Å². The van der Waals surface area contributed by atoms with Crippen molar-refractivity contribution in [3.63, 3.8) is 0 Å². The number of H-pyrrole nitrogens is 1. The normalized spacial score (nSPS) is 21.6. The van der Waals surface area contributed by atoms with Gasteiger partial charge in [0.15, 0.2) is 0 Å². The topological polar surface area (TPSA) is 52.7 Å². The molecule has 0 amide bonds. The van der Waals surface area contributed by atoms with Crippen LogP contribution in [0.15, 0.2) is 13.4 Å². The van der Waals surface area contributed by atoms with Gasteiger partial charge in [-0.2, -0.15) is 0 Å². The first-order valence-electron chi connectivity index (χ1n) is 8.43. The van der Waals surface area contributed by atoms with Gasteiger partial charge in [-0.1, -0.05) is 26.7 Å². The summed E-state index contributed by atoms with van der Waals surface area (Å²) in [6, 6.07) is 1.39. The summed E-state index contributed by atoms with van der Waals surface area (Å²) in [5.41, 5.74) is 3.11. The highest BCUT2D eigenvalue weighted by Gasteiger charge is 2.26. The molecule has 0 radical (unpaired) electrons. The van der Waals surface area contributed by atoms with Gasteiger partial charge in [-0.3, -0.25) is 0 Å². The Kier molecular flexibility index (Phi) is 5.94. The molecular formula is C17H23Br3N4. The number of nitrogens with one attached hydrogen (secondary N) is 3. The first-order chi connectivity index (χ1) is 11.4. The molecule has 4 nitrogen and oxygen atoms in total. The van der Waals surface area contributed by atoms with Crippen LogP contribution in [0.3, 0.4) is 0 Å². The molecule has 2 atom stereocenters. The summed E-state index contributed by atoms with van der Waals surface area (Å²) < 4.78 is 3.08. The third-order valence-corrected chi connectivity index (χ3v) is 7.90. The van der Waals surface area contributed by atoms with Crippen LogP contribution in [0, 0.1) is 6.92 Å². The highest BCUT2D eigenvalue weighted by atomic mass is 79.9. The van der Waals surface area contributed by atoms with Crippen molar-refractivity contribution >= 4 is 64.8 Å². The maximum atomic E-state index is 4.78. The lowest BCUT2D eigenvalue weighted by atomic mass is 9.90. The van der Waals surface area contributed by atoms with Gasteiger partial charge in [0.2, 0.25) is 5.95 Å². The number of hydrogen-bond acceptors (Lipinski definition) is 3. The van der Waals surface area contributed by atoms with E-state index in [1.54, 1.807) is 0 Å². The molecule has 132 valence electrons. The Morgan fingerprint density at radius 1 is 1.04 bits per heavy atom. The van der Waals surface area contributed by atoms with Gasteiger partial charge < -0.3 is 15.6 Å². The number of halogens is 3. The fourth-order valence-electron chi connectivity index (χ4n) is 3.42. The molecule has 1 heterocycles. The van der Waals surface area contributed by atoms with Crippen LogP contribution in [0.1, 0.15) is 45.1 Å². The molecule has 1 aliphatic carbocycles. The molecule has 2 unspecified atom stereocenters. The number of anilines is 1. The second kappa shape index (κ2) is 7.64. The molecule has 0 bridgehead atoms. The summed E-state index contributed by atoms with van der Waals surface area (Å²) >= 11 is 11.0. The van der Waals surface area contributed by atoms with Gasteiger partial charge in [-0.25, -0.2) is 4.98 Å². The first-order valence-corrected chi connectivity index (χ1v) is 10.8. The molecule has 3 rings (SSSR count). The third-order valence-electron chi connectivity index (χ3n) is 4.62. The van der Waals surface area contributed by atoms with Crippen LogP contribution in [0.25, 0.3) is 11.0 Å². The Balaban J connectivity index is 1.89. The van der Waals surface area contributed by atoms with Crippen molar-refractivity contribution in [3.8, 4) is 0 Å². The van der Waals surface area contributed by atoms with E-state index in [0.717, 1.165) is 36.0 Å². The van der Waals surface area contributed by atoms with Crippen molar-refractivity contribution in [2.75, 3.05) is 5.32 Å². The van der Waals surface area contributed by atoms with E-state index in [1.165, 1.54) is 25.7 Å². The minimum absolute atomic E-state index is 0.406. The molecule has 0 spiro atoms. The maximum Gasteiger partial charge on any atom is 0.201 e. The van der Waals surface area contributed by atoms with Gasteiger partial charge >= 0.3 is 0 Å². The molecule has 1 aliphatic rings. The summed E-state index contributed by atoms with van der Waals surface area (Å²) in [4.78, 5) is 8.23. The van der Waals surface area contributed by atoms with E-state index < -0.39 is 0 Å². The average Bonchev–Trinajstić information content (AvgIpc) is 2.96. The molecule has 24 heavy (non-hydrogen) atoms. The van der Waals surface area contributed by atoms with Gasteiger partial charge in [-0.05, 0) is 73.1 Å². The average molecular weight is 523 g/mol. The third kappa shape index (κ3) is 3.69. The van der Waals surface area contributed by atoms with Gasteiger partial charge in [0.25, 0.3) is 0 Å². The van der Waals surface area contributed by atoms with Crippen LogP contribution >= 0.6 is 47.8 Å². The SMILES string of the molecule is Cc1c(Br)c(Br)c2nc(NC3CCCCC3NC(C)C)[nH]c2c1Br. The fraction of sp³-hybridized carbons (Fsp3) is 0.588. The Morgan fingerprint density at radius 2 is 1.71 bits per heavy atom. The van der Waals surface area contributed by atoms with Crippen LogP contribution in [-0.4, -0.2) is 28.1 Å². The Bertz CT molecular complexity index is 696. The van der Waals surface area contributed by atoms with E-state index in [-0.39, 0.29) is 0 Å². The quantitative estimate of drug-likeness (QED) is 0.439. The van der Waals surface area contributed by atoms with E-state index >= 15 is 0 Å². The Labute approximate surface area is 168 Å². The van der Waals surface area contributed by atoms with Gasteiger partial charge in [-0.15, -0.1) is 0 Å². The molecule has 3 N–H and O–H groups in total. The van der Waals surface area contributed by atoms with E-state index in [9.17, 15) is 0 Å². The van der Waals surface area contributed by atoms with Crippen molar-refractivity contribution in [2.45, 2.75) is 64.6 Å². The van der Waals surface area contributed by atoms with Gasteiger partial charge in [0.05, 0.1) is 9.99 Å². The summed E-state index contributed by atoms with van der Waals surface area (Å²) in [6.07, 6.45) is 4.96. The minimum Gasteiger partial charge on any atom is -0.351 e. The zero-order valence-electron chi connectivity index (χ0n) is 14.1. The number of aromatic amines is 1. The monoisotopic (exact) mass is 520 g/mol. The largest absolute Gasteiger partial charge is 0.351 e. The van der Waals surface area contributed by atoms with Crippen LogP contribution < -0.4 is 10.6 Å². The summed E-state index contributed by atoms with van der Waals surface area (Å²) in [5.74, 6) is 0.839. The predicted molar refractivity (Wildman–Crippen MR) is 112 cm³/mol. The van der Waals surface area contributed by atoms with E-state index in [2.05, 4.69) is 84.2 Å². The molecule has 1 aromatic heterocycles. The number of rotatable bonds is 4. The van der Waals surface area contributed by atoms with E-state index in [1.807, 2.05) is 0 Å². The maximum absolute atomic E-state index is 4.78. The van der Waals surface area contributed by atoms with Crippen LogP contribution in [0.5, 0.6) is 0 Å². The van der Waals surface area contributed by atoms with E-state index in [0.29, 0.717) is 18.1 Å². The smallest absolute Gasteiger partial charge is 0.201 e. The van der Waals surface area contributed by atoms with Crippen LogP contribution in [0.2, 0.25) is 0 Å². The fourth-order valence-corrected chi connectivity index (χ4v) is 5.14. The second-order valence-corrected chi connectivity index (χ2v) is 9.22. The van der Waals surface area contributed by atoms with Crippen molar-refractivity contribution in [3.05, 3.63) is 19.0 Å². The molecule has 1 saturated carbocycles. The predicted octanol–water partition coefficient (Wildman–Crippen LogP) is 5.88. The zero-order valence-corrected chi connectivity index (χ0v) is 18.9. The standard InChI is InChI=1S/C17H23Br3N4/c1-8(2)21-10-6-4-5-7-11(10)22-17-23-15-13(19)9(3)12(18)14(20)16(15)24-17/h8,10-11,21H,4-7H2,1-3H3,(H2,22,23,24). The number of fused-ring (bicyclic) bond motifs is 1. The molecule has 1 aromatic carbocycles. The zero-order chi connectivity index (χ0) is 17.4. The van der Waals surface area contributed by atoms with Crippen molar-refractivity contribution in [1.82, 2.24) is 15.3 Å². The molecule has 1 fully saturated rings. The first kappa shape index (κ1) is 18.7. The summed E-state index contributed by atoms with van der Waals surface area (Å²) in [6.45, 7) is 6.50. The van der Waals surface area contributed by atoms with Gasteiger partial charge in [0.1, 0.15) is 5.52 Å². The number of nitrogens with zero attached hydrogens (tertiary/aromatic N) is 1. The van der Waals surface area contributed by atoms with Crippen LogP contribution in [-0.2, 0) is 0 Å². The Hall–Kier alpha value is -0.110. The highest BCUT2D eigenvalue weighted by molar-refractivity contribution is 9.13. The highest BCUT2D eigenvalue weighted by Crippen LogP contribution is 2.39. The lowest BCUT2D eigenvalue weighted by Crippen LogP contribution is -2.48.